The van der Waals surface area contributed by atoms with Crippen LogP contribution in [0.1, 0.15) is 31.0 Å². The lowest BCUT2D eigenvalue weighted by Crippen LogP contribution is -2.46. The zero-order valence-electron chi connectivity index (χ0n) is 7.51. The number of carbonyl (C=O) groups is 1. The third kappa shape index (κ3) is 1.22. The predicted octanol–water partition coefficient (Wildman–Crippen LogP) is 0.793. The molecule has 0 amide bonds. The van der Waals surface area contributed by atoms with Crippen LogP contribution in [-0.4, -0.2) is 20.7 Å². The molecule has 1 aromatic heterocycles. The first-order valence-electron chi connectivity index (χ1n) is 4.43. The van der Waals surface area contributed by atoms with Crippen LogP contribution in [0.3, 0.4) is 0 Å². The first-order valence-corrected chi connectivity index (χ1v) is 5.26. The first kappa shape index (κ1) is 9.54. The number of nitrogens with two attached hydrogens (primary N) is 1. The molecule has 0 bridgehead atoms. The van der Waals surface area contributed by atoms with Crippen molar-refractivity contribution >= 4 is 17.5 Å². The van der Waals surface area contributed by atoms with E-state index in [4.69, 9.17) is 10.8 Å². The molecule has 0 spiro atoms. The van der Waals surface area contributed by atoms with E-state index in [0.29, 0.717) is 18.5 Å². The van der Waals surface area contributed by atoms with Crippen molar-refractivity contribution in [3.63, 3.8) is 0 Å². The van der Waals surface area contributed by atoms with Crippen molar-refractivity contribution in [1.82, 2.24) is 9.59 Å². The van der Waals surface area contributed by atoms with Crippen LogP contribution in [0, 0.1) is 5.41 Å². The van der Waals surface area contributed by atoms with E-state index in [1.807, 2.05) is 0 Å². The van der Waals surface area contributed by atoms with E-state index in [2.05, 4.69) is 9.59 Å². The van der Waals surface area contributed by atoms with E-state index in [9.17, 15) is 4.79 Å². The highest BCUT2D eigenvalue weighted by Crippen LogP contribution is 2.49. The second-order valence-electron chi connectivity index (χ2n) is 3.62. The molecular formula is C8H11N3O2S. The summed E-state index contributed by atoms with van der Waals surface area (Å²) in [4.78, 5) is 11.1. The molecule has 1 heterocycles. The molecule has 0 saturated heterocycles. The molecule has 1 saturated carbocycles. The average Bonchev–Trinajstić information content (AvgIpc) is 2.51. The van der Waals surface area contributed by atoms with Crippen LogP contribution < -0.4 is 5.73 Å². The van der Waals surface area contributed by atoms with Gasteiger partial charge >= 0.3 is 5.97 Å². The standard InChI is InChI=1S/C8H11N3O2S/c9-6(5-4-14-11-10-5)8(7(12)13)2-1-3-8/h4,6H,1-3,9H2,(H,12,13). The van der Waals surface area contributed by atoms with Crippen molar-refractivity contribution < 1.29 is 9.90 Å². The Morgan fingerprint density at radius 3 is 2.79 bits per heavy atom. The molecule has 2 rings (SSSR count). The first-order chi connectivity index (χ1) is 6.67. The maximum Gasteiger partial charge on any atom is 0.311 e. The van der Waals surface area contributed by atoms with Gasteiger partial charge in [-0.25, -0.2) is 0 Å². The van der Waals surface area contributed by atoms with Gasteiger partial charge in [-0.05, 0) is 24.4 Å². The van der Waals surface area contributed by atoms with Crippen LogP contribution in [-0.2, 0) is 4.79 Å². The highest BCUT2D eigenvalue weighted by Gasteiger charge is 2.50. The lowest BCUT2D eigenvalue weighted by molar-refractivity contribution is -0.156. The SMILES string of the molecule is NC(c1csnn1)C1(C(=O)O)CCC1. The number of rotatable bonds is 3. The Bertz CT molecular complexity index is 334. The summed E-state index contributed by atoms with van der Waals surface area (Å²) in [5.41, 5.74) is 5.70. The summed E-state index contributed by atoms with van der Waals surface area (Å²) in [6.45, 7) is 0. The molecule has 3 N–H and O–H groups in total. The maximum atomic E-state index is 11.1. The third-order valence-electron chi connectivity index (χ3n) is 2.96. The van der Waals surface area contributed by atoms with Gasteiger partial charge in [0.2, 0.25) is 0 Å². The van der Waals surface area contributed by atoms with Crippen molar-refractivity contribution in [1.29, 1.82) is 0 Å². The van der Waals surface area contributed by atoms with E-state index in [1.54, 1.807) is 5.38 Å². The van der Waals surface area contributed by atoms with Crippen LogP contribution in [0.2, 0.25) is 0 Å². The molecule has 1 aliphatic rings. The molecule has 0 aromatic carbocycles. The maximum absolute atomic E-state index is 11.1. The summed E-state index contributed by atoms with van der Waals surface area (Å²) < 4.78 is 3.69. The number of carboxylic acids is 1. The van der Waals surface area contributed by atoms with Gasteiger partial charge in [-0.3, -0.25) is 4.79 Å². The second-order valence-corrected chi connectivity index (χ2v) is 4.23. The van der Waals surface area contributed by atoms with E-state index in [1.165, 1.54) is 11.5 Å². The Labute approximate surface area is 85.1 Å². The van der Waals surface area contributed by atoms with Gasteiger partial charge in [0.15, 0.2) is 0 Å². The lowest BCUT2D eigenvalue weighted by Gasteiger charge is -2.41. The van der Waals surface area contributed by atoms with Crippen molar-refractivity contribution in [2.45, 2.75) is 25.3 Å². The molecule has 0 aliphatic heterocycles. The molecule has 14 heavy (non-hydrogen) atoms. The van der Waals surface area contributed by atoms with Crippen molar-refractivity contribution in [3.05, 3.63) is 11.1 Å². The molecule has 76 valence electrons. The van der Waals surface area contributed by atoms with Crippen molar-refractivity contribution in [3.8, 4) is 0 Å². The fourth-order valence-corrected chi connectivity index (χ4v) is 2.30. The Kier molecular flexibility index (Phi) is 2.24. The average molecular weight is 213 g/mol. The zero-order chi connectivity index (χ0) is 10.2. The molecule has 1 atom stereocenters. The Hall–Kier alpha value is -1.01. The largest absolute Gasteiger partial charge is 0.481 e. The molecule has 6 heteroatoms. The number of aromatic nitrogens is 2. The van der Waals surface area contributed by atoms with Crippen molar-refractivity contribution in [2.24, 2.45) is 11.1 Å². The summed E-state index contributed by atoms with van der Waals surface area (Å²) >= 11 is 1.20. The minimum atomic E-state index is -0.816. The van der Waals surface area contributed by atoms with Gasteiger partial charge in [-0.2, -0.15) is 0 Å². The van der Waals surface area contributed by atoms with Gasteiger partial charge in [0.25, 0.3) is 0 Å². The Morgan fingerprint density at radius 1 is 1.71 bits per heavy atom. The summed E-state index contributed by atoms with van der Waals surface area (Å²) in [6, 6.07) is -0.521. The summed E-state index contributed by atoms with van der Waals surface area (Å²) in [7, 11) is 0. The zero-order valence-corrected chi connectivity index (χ0v) is 8.33. The van der Waals surface area contributed by atoms with Gasteiger partial charge in [-0.1, -0.05) is 10.9 Å². The number of hydrogen-bond donors (Lipinski definition) is 2. The number of carboxylic acid groups (broad SMARTS) is 1. The van der Waals surface area contributed by atoms with Crippen molar-refractivity contribution in [2.75, 3.05) is 0 Å². The van der Waals surface area contributed by atoms with E-state index in [0.717, 1.165) is 6.42 Å². The van der Waals surface area contributed by atoms with Crippen LogP contribution in [0.5, 0.6) is 0 Å². The second kappa shape index (κ2) is 3.29. The van der Waals surface area contributed by atoms with Gasteiger partial charge in [-0.15, -0.1) is 5.10 Å². The van der Waals surface area contributed by atoms with Crippen LogP contribution in [0.15, 0.2) is 5.38 Å². The van der Waals surface area contributed by atoms with Gasteiger partial charge in [0.05, 0.1) is 17.2 Å². The summed E-state index contributed by atoms with van der Waals surface area (Å²) in [5.74, 6) is -0.816. The quantitative estimate of drug-likeness (QED) is 0.775. The smallest absolute Gasteiger partial charge is 0.311 e. The third-order valence-corrected chi connectivity index (χ3v) is 3.49. The van der Waals surface area contributed by atoms with Crippen LogP contribution in [0.4, 0.5) is 0 Å². The number of aliphatic carboxylic acids is 1. The molecule has 1 aromatic rings. The van der Waals surface area contributed by atoms with Crippen LogP contribution >= 0.6 is 11.5 Å². The summed E-state index contributed by atoms with van der Waals surface area (Å²) in [5, 5.41) is 14.7. The number of hydrogen-bond acceptors (Lipinski definition) is 5. The fraction of sp³-hybridized carbons (Fsp3) is 0.625. The molecule has 1 fully saturated rings. The predicted molar refractivity (Wildman–Crippen MR) is 50.8 cm³/mol. The van der Waals surface area contributed by atoms with E-state index < -0.39 is 17.4 Å². The molecule has 1 aliphatic carbocycles. The summed E-state index contributed by atoms with van der Waals surface area (Å²) in [6.07, 6.45) is 2.21. The molecule has 1 unspecified atom stereocenters. The molecular weight excluding hydrogens is 202 g/mol. The highest BCUT2D eigenvalue weighted by atomic mass is 32.1. The molecule has 0 radical (unpaired) electrons. The number of nitrogens with zero attached hydrogens (tertiary/aromatic N) is 2. The minimum Gasteiger partial charge on any atom is -0.481 e. The monoisotopic (exact) mass is 213 g/mol. The topological polar surface area (TPSA) is 89.1 Å². The highest BCUT2D eigenvalue weighted by molar-refractivity contribution is 7.03. The van der Waals surface area contributed by atoms with E-state index >= 15 is 0 Å². The van der Waals surface area contributed by atoms with Gasteiger partial charge < -0.3 is 10.8 Å². The van der Waals surface area contributed by atoms with Crippen LogP contribution in [0.25, 0.3) is 0 Å². The lowest BCUT2D eigenvalue weighted by atomic mass is 9.63. The fourth-order valence-electron chi connectivity index (χ4n) is 1.81. The normalized spacial score (nSPS) is 21.2. The molecule has 5 nitrogen and oxygen atoms in total. The van der Waals surface area contributed by atoms with E-state index in [-0.39, 0.29) is 0 Å². The minimum absolute atomic E-state index is 0.521. The van der Waals surface area contributed by atoms with Gasteiger partial charge in [0.1, 0.15) is 0 Å². The Morgan fingerprint density at radius 2 is 2.43 bits per heavy atom. The van der Waals surface area contributed by atoms with Gasteiger partial charge in [0, 0.05) is 5.38 Å². The Balaban J connectivity index is 2.25.